The molecule has 0 saturated carbocycles. The maximum Gasteiger partial charge on any atom is 0.246 e. The molecule has 0 atom stereocenters. The number of fused-ring (bicyclic) bond motifs is 1. The third kappa shape index (κ3) is 4.30. The maximum absolute atomic E-state index is 12.5. The number of pyridine rings is 1. The fraction of sp³-hybridized carbons (Fsp3) is 0.286. The van der Waals surface area contributed by atoms with Gasteiger partial charge < -0.3 is 24.1 Å². The van der Waals surface area contributed by atoms with Gasteiger partial charge in [-0.25, -0.2) is 4.98 Å². The lowest BCUT2D eigenvalue weighted by molar-refractivity contribution is -0.116. The summed E-state index contributed by atoms with van der Waals surface area (Å²) in [5, 5.41) is 5.18. The molecule has 1 aliphatic rings. The third-order valence-electron chi connectivity index (χ3n) is 4.64. The fourth-order valence-corrected chi connectivity index (χ4v) is 3.81. The number of amides is 1. The number of aromatic nitrogens is 2. The summed E-state index contributed by atoms with van der Waals surface area (Å²) in [5.41, 5.74) is 2.08. The van der Waals surface area contributed by atoms with Crippen molar-refractivity contribution in [3.8, 4) is 28.5 Å². The van der Waals surface area contributed by atoms with Gasteiger partial charge in [-0.3, -0.25) is 9.59 Å². The van der Waals surface area contributed by atoms with Crippen LogP contribution in [0.1, 0.15) is 12.1 Å². The van der Waals surface area contributed by atoms with E-state index in [1.165, 1.54) is 30.7 Å². The van der Waals surface area contributed by atoms with Gasteiger partial charge in [0.05, 0.1) is 32.2 Å². The SMILES string of the molecule is COc1cn(CC(=O)Nc2nc(-c3ccc4c(c3)OCCCO4)cs2)c(C)cc1=O. The molecule has 2 aromatic heterocycles. The number of carbonyl (C=O) groups is 1. The number of nitrogens with zero attached hydrogens (tertiary/aromatic N) is 2. The maximum atomic E-state index is 12.5. The van der Waals surface area contributed by atoms with E-state index in [1.54, 1.807) is 11.5 Å². The van der Waals surface area contributed by atoms with Gasteiger partial charge in [-0.1, -0.05) is 0 Å². The number of hydrogen-bond donors (Lipinski definition) is 1. The van der Waals surface area contributed by atoms with Crippen molar-refractivity contribution in [1.29, 1.82) is 0 Å². The van der Waals surface area contributed by atoms with Gasteiger partial charge in [0, 0.05) is 29.1 Å². The normalized spacial score (nSPS) is 12.9. The van der Waals surface area contributed by atoms with Crippen molar-refractivity contribution in [3.05, 3.63) is 51.8 Å². The van der Waals surface area contributed by atoms with Crippen LogP contribution in [0.5, 0.6) is 17.2 Å². The number of carbonyl (C=O) groups excluding carboxylic acids is 1. The fourth-order valence-electron chi connectivity index (χ4n) is 3.07. The van der Waals surface area contributed by atoms with Crippen LogP contribution in [0.2, 0.25) is 0 Å². The summed E-state index contributed by atoms with van der Waals surface area (Å²) in [6.07, 6.45) is 2.38. The minimum atomic E-state index is -0.247. The highest BCUT2D eigenvalue weighted by atomic mass is 32.1. The molecule has 1 amide bonds. The standard InChI is InChI=1S/C21H21N3O5S/c1-13-8-16(25)19(27-2)10-24(13)11-20(26)23-21-22-15(12-30-21)14-4-5-17-18(9-14)29-7-3-6-28-17/h4-5,8-10,12H,3,6-7,11H2,1-2H3,(H,22,23,26). The van der Waals surface area contributed by atoms with Crippen molar-refractivity contribution in [2.45, 2.75) is 19.9 Å². The van der Waals surface area contributed by atoms with Gasteiger partial charge in [-0.05, 0) is 25.1 Å². The second-order valence-corrected chi connectivity index (χ2v) is 7.63. The van der Waals surface area contributed by atoms with Gasteiger partial charge >= 0.3 is 0 Å². The molecule has 0 fully saturated rings. The van der Waals surface area contributed by atoms with E-state index >= 15 is 0 Å². The lowest BCUT2D eigenvalue weighted by Gasteiger charge is -2.11. The molecule has 0 unspecified atom stereocenters. The molecule has 1 N–H and O–H groups in total. The first-order valence-electron chi connectivity index (χ1n) is 9.44. The highest BCUT2D eigenvalue weighted by Crippen LogP contribution is 2.35. The number of rotatable bonds is 5. The molecular weight excluding hydrogens is 406 g/mol. The third-order valence-corrected chi connectivity index (χ3v) is 5.39. The number of methoxy groups -OCH3 is 1. The molecule has 9 heteroatoms. The van der Waals surface area contributed by atoms with Gasteiger partial charge in [0.15, 0.2) is 22.4 Å². The Morgan fingerprint density at radius 2 is 2.07 bits per heavy atom. The molecule has 0 saturated heterocycles. The average molecular weight is 427 g/mol. The number of anilines is 1. The van der Waals surface area contributed by atoms with Crippen molar-refractivity contribution in [2.75, 3.05) is 25.6 Å². The Morgan fingerprint density at radius 1 is 1.27 bits per heavy atom. The number of hydrogen-bond acceptors (Lipinski definition) is 7. The number of ether oxygens (including phenoxy) is 3. The van der Waals surface area contributed by atoms with Gasteiger partial charge in [-0.15, -0.1) is 11.3 Å². The minimum Gasteiger partial charge on any atom is -0.491 e. The highest BCUT2D eigenvalue weighted by molar-refractivity contribution is 7.14. The van der Waals surface area contributed by atoms with Gasteiger partial charge in [0.2, 0.25) is 11.3 Å². The van der Waals surface area contributed by atoms with Crippen molar-refractivity contribution < 1.29 is 19.0 Å². The van der Waals surface area contributed by atoms with E-state index < -0.39 is 0 Å². The van der Waals surface area contributed by atoms with Crippen LogP contribution in [-0.2, 0) is 11.3 Å². The quantitative estimate of drug-likeness (QED) is 0.673. The first-order valence-corrected chi connectivity index (χ1v) is 10.3. The highest BCUT2D eigenvalue weighted by Gasteiger charge is 2.14. The number of thiazole rings is 1. The molecule has 0 aliphatic carbocycles. The van der Waals surface area contributed by atoms with E-state index in [0.29, 0.717) is 29.8 Å². The summed E-state index contributed by atoms with van der Waals surface area (Å²) in [7, 11) is 1.42. The number of benzene rings is 1. The Morgan fingerprint density at radius 3 is 2.87 bits per heavy atom. The lowest BCUT2D eigenvalue weighted by atomic mass is 10.1. The molecule has 0 spiro atoms. The molecule has 156 valence electrons. The summed E-state index contributed by atoms with van der Waals surface area (Å²) in [6.45, 7) is 3.06. The number of nitrogens with one attached hydrogen (secondary N) is 1. The summed E-state index contributed by atoms with van der Waals surface area (Å²) >= 11 is 1.34. The van der Waals surface area contributed by atoms with Crippen LogP contribution in [0.3, 0.4) is 0 Å². The molecule has 8 nitrogen and oxygen atoms in total. The largest absolute Gasteiger partial charge is 0.491 e. The first kappa shape index (κ1) is 20.0. The zero-order valence-corrected chi connectivity index (χ0v) is 17.5. The topological polar surface area (TPSA) is 91.7 Å². The Labute approximate surface area is 177 Å². The van der Waals surface area contributed by atoms with E-state index in [2.05, 4.69) is 10.3 Å². The average Bonchev–Trinajstić information content (AvgIpc) is 3.05. The molecule has 3 heterocycles. The van der Waals surface area contributed by atoms with E-state index in [9.17, 15) is 9.59 Å². The van der Waals surface area contributed by atoms with Crippen molar-refractivity contribution in [3.63, 3.8) is 0 Å². The zero-order chi connectivity index (χ0) is 21.1. The van der Waals surface area contributed by atoms with Crippen LogP contribution in [0.25, 0.3) is 11.3 Å². The van der Waals surface area contributed by atoms with Crippen LogP contribution in [-0.4, -0.2) is 35.8 Å². The van der Waals surface area contributed by atoms with E-state index in [-0.39, 0.29) is 23.6 Å². The summed E-state index contributed by atoms with van der Waals surface area (Å²) in [6, 6.07) is 7.14. The monoisotopic (exact) mass is 427 g/mol. The predicted molar refractivity (Wildman–Crippen MR) is 114 cm³/mol. The van der Waals surface area contributed by atoms with Gasteiger partial charge in [0.25, 0.3) is 0 Å². The zero-order valence-electron chi connectivity index (χ0n) is 16.6. The summed E-state index contributed by atoms with van der Waals surface area (Å²) in [5.74, 6) is 1.38. The smallest absolute Gasteiger partial charge is 0.246 e. The molecule has 4 rings (SSSR count). The van der Waals surface area contributed by atoms with E-state index in [4.69, 9.17) is 14.2 Å². The lowest BCUT2D eigenvalue weighted by Crippen LogP contribution is -2.21. The Kier molecular flexibility index (Phi) is 5.71. The second-order valence-electron chi connectivity index (χ2n) is 6.77. The predicted octanol–water partition coefficient (Wildman–Crippen LogP) is 3.09. The molecular formula is C21H21N3O5S. The number of aryl methyl sites for hydroxylation is 1. The molecule has 0 bridgehead atoms. The Hall–Kier alpha value is -3.33. The van der Waals surface area contributed by atoms with E-state index in [1.807, 2.05) is 23.6 Å². The van der Waals surface area contributed by atoms with Crippen LogP contribution in [0.4, 0.5) is 5.13 Å². The van der Waals surface area contributed by atoms with Crippen molar-refractivity contribution >= 4 is 22.4 Å². The summed E-state index contributed by atoms with van der Waals surface area (Å²) in [4.78, 5) is 28.8. The molecule has 1 aromatic carbocycles. The first-order chi connectivity index (χ1) is 14.5. The van der Waals surface area contributed by atoms with Crippen molar-refractivity contribution in [1.82, 2.24) is 9.55 Å². The summed E-state index contributed by atoms with van der Waals surface area (Å²) < 4.78 is 18.1. The Bertz CT molecular complexity index is 1140. The minimum absolute atomic E-state index is 0.0431. The molecule has 1 aliphatic heterocycles. The van der Waals surface area contributed by atoms with Crippen molar-refractivity contribution in [2.24, 2.45) is 0 Å². The Balaban J connectivity index is 1.47. The molecule has 3 aromatic rings. The second kappa shape index (κ2) is 8.58. The van der Waals surface area contributed by atoms with Gasteiger partial charge in [0.1, 0.15) is 6.54 Å². The van der Waals surface area contributed by atoms with Crippen LogP contribution in [0.15, 0.2) is 40.6 Å². The molecule has 30 heavy (non-hydrogen) atoms. The molecule has 0 radical (unpaired) electrons. The van der Waals surface area contributed by atoms with Gasteiger partial charge in [-0.2, -0.15) is 0 Å². The van der Waals surface area contributed by atoms with Crippen LogP contribution in [0, 0.1) is 6.92 Å². The van der Waals surface area contributed by atoms with Crippen LogP contribution < -0.4 is 25.0 Å². The van der Waals surface area contributed by atoms with Crippen LogP contribution >= 0.6 is 11.3 Å². The van der Waals surface area contributed by atoms with E-state index in [0.717, 1.165) is 23.4 Å².